The minimum atomic E-state index is 0.347. The van der Waals surface area contributed by atoms with Gasteiger partial charge in [0.05, 0.1) is 5.69 Å². The minimum Gasteiger partial charge on any atom is -0.309 e. The van der Waals surface area contributed by atoms with Gasteiger partial charge in [-0.3, -0.25) is 0 Å². The number of pyridine rings is 1. The Labute approximate surface area is 150 Å². The number of rotatable bonds is 7. The van der Waals surface area contributed by atoms with E-state index in [0.717, 1.165) is 36.6 Å². The van der Waals surface area contributed by atoms with Gasteiger partial charge in [-0.25, -0.2) is 4.98 Å². The predicted molar refractivity (Wildman–Crippen MR) is 103 cm³/mol. The topological polar surface area (TPSA) is 29.3 Å². The van der Waals surface area contributed by atoms with E-state index in [-0.39, 0.29) is 0 Å². The van der Waals surface area contributed by atoms with Crippen LogP contribution in [-0.2, 0) is 12.8 Å². The van der Waals surface area contributed by atoms with Crippen LogP contribution in [0.25, 0.3) is 5.65 Å². The first-order chi connectivity index (χ1) is 12.3. The molecule has 1 aromatic carbocycles. The van der Waals surface area contributed by atoms with Gasteiger partial charge in [0.25, 0.3) is 0 Å². The maximum Gasteiger partial charge on any atom is 0.136 e. The molecular formula is C22H27N3. The highest BCUT2D eigenvalue weighted by atomic mass is 15.0. The van der Waals surface area contributed by atoms with Gasteiger partial charge in [-0.05, 0) is 55.3 Å². The second-order valence-corrected chi connectivity index (χ2v) is 7.26. The van der Waals surface area contributed by atoms with Crippen LogP contribution in [0.1, 0.15) is 49.0 Å². The van der Waals surface area contributed by atoms with Crippen LogP contribution in [0.15, 0.2) is 54.9 Å². The van der Waals surface area contributed by atoms with E-state index in [1.807, 2.05) is 0 Å². The average molecular weight is 333 g/mol. The van der Waals surface area contributed by atoms with Gasteiger partial charge in [0.15, 0.2) is 0 Å². The first kappa shape index (κ1) is 16.3. The lowest BCUT2D eigenvalue weighted by Gasteiger charge is -2.29. The van der Waals surface area contributed by atoms with Crippen molar-refractivity contribution in [2.75, 3.05) is 6.54 Å². The second kappa shape index (κ2) is 7.40. The quantitative estimate of drug-likeness (QED) is 0.686. The van der Waals surface area contributed by atoms with Crippen molar-refractivity contribution >= 4 is 5.65 Å². The molecule has 3 heteroatoms. The highest BCUT2D eigenvalue weighted by Crippen LogP contribution is 2.27. The van der Waals surface area contributed by atoms with Crippen LogP contribution in [0.2, 0.25) is 0 Å². The molecule has 0 saturated heterocycles. The molecule has 1 saturated carbocycles. The molecule has 0 amide bonds. The predicted octanol–water partition coefficient (Wildman–Crippen LogP) is 4.57. The minimum absolute atomic E-state index is 0.347. The van der Waals surface area contributed by atoms with Crippen molar-refractivity contribution in [3.05, 3.63) is 71.7 Å². The summed E-state index contributed by atoms with van der Waals surface area (Å²) in [5.74, 6) is 0.863. The summed E-state index contributed by atoms with van der Waals surface area (Å²) in [5, 5.41) is 3.84. The molecule has 25 heavy (non-hydrogen) atoms. The molecule has 1 atom stereocenters. The van der Waals surface area contributed by atoms with Gasteiger partial charge in [-0.15, -0.1) is 0 Å². The van der Waals surface area contributed by atoms with Crippen molar-refractivity contribution < 1.29 is 0 Å². The Kier molecular flexibility index (Phi) is 4.84. The zero-order valence-electron chi connectivity index (χ0n) is 15.0. The smallest absolute Gasteiger partial charge is 0.136 e. The Morgan fingerprint density at radius 1 is 1.12 bits per heavy atom. The lowest BCUT2D eigenvalue weighted by atomic mass is 9.85. The van der Waals surface area contributed by atoms with Crippen LogP contribution in [-0.4, -0.2) is 15.9 Å². The number of nitrogens with one attached hydrogen (secondary N) is 1. The Morgan fingerprint density at radius 3 is 2.68 bits per heavy atom. The van der Waals surface area contributed by atoms with E-state index in [9.17, 15) is 0 Å². The molecule has 0 spiro atoms. The highest BCUT2D eigenvalue weighted by molar-refractivity contribution is 5.42. The van der Waals surface area contributed by atoms with Gasteiger partial charge >= 0.3 is 0 Å². The summed E-state index contributed by atoms with van der Waals surface area (Å²) in [6.45, 7) is 3.28. The van der Waals surface area contributed by atoms with Gasteiger partial charge in [-0.1, -0.05) is 49.7 Å². The van der Waals surface area contributed by atoms with Crippen molar-refractivity contribution in [3.8, 4) is 0 Å². The van der Waals surface area contributed by atoms with Crippen LogP contribution in [0.4, 0.5) is 0 Å². The summed E-state index contributed by atoms with van der Waals surface area (Å²) in [6, 6.07) is 15.5. The van der Waals surface area contributed by atoms with Gasteiger partial charge in [0, 0.05) is 18.4 Å². The molecule has 0 bridgehead atoms. The molecule has 4 rings (SSSR count). The van der Waals surface area contributed by atoms with Crippen LogP contribution >= 0.6 is 0 Å². The van der Waals surface area contributed by atoms with E-state index in [0.29, 0.717) is 6.04 Å². The van der Waals surface area contributed by atoms with Crippen molar-refractivity contribution in [2.24, 2.45) is 5.92 Å². The molecule has 1 unspecified atom stereocenters. The molecule has 1 aliphatic carbocycles. The SMILES string of the molecule is CCc1cn2cc(C(Cc3ccccc3)NCC3CCC3)ccc2n1. The van der Waals surface area contributed by atoms with Crippen LogP contribution in [0.3, 0.4) is 0 Å². The zero-order valence-corrected chi connectivity index (χ0v) is 15.0. The molecule has 0 radical (unpaired) electrons. The van der Waals surface area contributed by atoms with Crippen molar-refractivity contribution in [1.82, 2.24) is 14.7 Å². The van der Waals surface area contributed by atoms with Crippen LogP contribution in [0, 0.1) is 5.92 Å². The molecule has 1 aliphatic rings. The van der Waals surface area contributed by atoms with E-state index >= 15 is 0 Å². The zero-order chi connectivity index (χ0) is 17.1. The Hall–Kier alpha value is -2.13. The van der Waals surface area contributed by atoms with E-state index in [4.69, 9.17) is 0 Å². The van der Waals surface area contributed by atoms with E-state index < -0.39 is 0 Å². The standard InChI is InChI=1S/C22H27N3/c1-2-20-16-25-15-19(11-12-22(25)24-20)21(23-14-18-9-6-10-18)13-17-7-4-3-5-8-17/h3-5,7-8,11-12,15-16,18,21,23H,2,6,9-10,13-14H2,1H3. The van der Waals surface area contributed by atoms with Crippen LogP contribution < -0.4 is 5.32 Å². The van der Waals surface area contributed by atoms with E-state index in [2.05, 4.69) is 76.5 Å². The molecule has 0 aliphatic heterocycles. The van der Waals surface area contributed by atoms with Crippen molar-refractivity contribution in [2.45, 2.75) is 45.1 Å². The average Bonchev–Trinajstić information content (AvgIpc) is 3.02. The van der Waals surface area contributed by atoms with Gasteiger partial charge in [-0.2, -0.15) is 0 Å². The molecule has 1 fully saturated rings. The van der Waals surface area contributed by atoms with Crippen molar-refractivity contribution in [3.63, 3.8) is 0 Å². The molecule has 2 heterocycles. The molecule has 3 aromatic rings. The fourth-order valence-electron chi connectivity index (χ4n) is 3.60. The number of imidazole rings is 1. The fraction of sp³-hybridized carbons (Fsp3) is 0.409. The number of hydrogen-bond donors (Lipinski definition) is 1. The number of fused-ring (bicyclic) bond motifs is 1. The Balaban J connectivity index is 1.58. The summed E-state index contributed by atoms with van der Waals surface area (Å²) in [7, 11) is 0. The van der Waals surface area contributed by atoms with Gasteiger partial charge < -0.3 is 9.72 Å². The Bertz CT molecular complexity index is 818. The first-order valence-corrected chi connectivity index (χ1v) is 9.56. The molecular weight excluding hydrogens is 306 g/mol. The van der Waals surface area contributed by atoms with Crippen LogP contribution in [0.5, 0.6) is 0 Å². The number of nitrogens with zero attached hydrogens (tertiary/aromatic N) is 2. The number of aryl methyl sites for hydroxylation is 1. The molecule has 1 N–H and O–H groups in total. The fourth-order valence-corrected chi connectivity index (χ4v) is 3.60. The molecule has 130 valence electrons. The lowest BCUT2D eigenvalue weighted by Crippen LogP contribution is -2.31. The molecule has 2 aromatic heterocycles. The molecule has 3 nitrogen and oxygen atoms in total. The summed E-state index contributed by atoms with van der Waals surface area (Å²) in [4.78, 5) is 4.65. The summed E-state index contributed by atoms with van der Waals surface area (Å²) < 4.78 is 2.18. The second-order valence-electron chi connectivity index (χ2n) is 7.26. The summed E-state index contributed by atoms with van der Waals surface area (Å²) in [6.07, 6.45) is 10.6. The highest BCUT2D eigenvalue weighted by Gasteiger charge is 2.20. The normalized spacial score (nSPS) is 16.0. The summed E-state index contributed by atoms with van der Waals surface area (Å²) in [5.41, 5.74) is 4.92. The third-order valence-corrected chi connectivity index (χ3v) is 5.45. The largest absolute Gasteiger partial charge is 0.309 e. The lowest BCUT2D eigenvalue weighted by molar-refractivity contribution is 0.288. The monoisotopic (exact) mass is 333 g/mol. The van der Waals surface area contributed by atoms with E-state index in [1.54, 1.807) is 0 Å². The van der Waals surface area contributed by atoms with Gasteiger partial charge in [0.1, 0.15) is 5.65 Å². The Morgan fingerprint density at radius 2 is 1.96 bits per heavy atom. The maximum atomic E-state index is 4.65. The maximum absolute atomic E-state index is 4.65. The van der Waals surface area contributed by atoms with Crippen molar-refractivity contribution in [1.29, 1.82) is 0 Å². The van der Waals surface area contributed by atoms with Gasteiger partial charge in [0.2, 0.25) is 0 Å². The third kappa shape index (κ3) is 3.77. The first-order valence-electron chi connectivity index (χ1n) is 9.56. The number of benzene rings is 1. The van der Waals surface area contributed by atoms with E-state index in [1.165, 1.54) is 30.4 Å². The number of hydrogen-bond acceptors (Lipinski definition) is 2. The summed E-state index contributed by atoms with van der Waals surface area (Å²) >= 11 is 0. The number of aromatic nitrogens is 2. The third-order valence-electron chi connectivity index (χ3n) is 5.45.